The van der Waals surface area contributed by atoms with Crippen LogP contribution in [0.5, 0.6) is 0 Å². The maximum atomic E-state index is 5.12. The van der Waals surface area contributed by atoms with Crippen LogP contribution in [0.3, 0.4) is 0 Å². The normalized spacial score (nSPS) is 20.1. The van der Waals surface area contributed by atoms with Crippen molar-refractivity contribution in [2.45, 2.75) is 22.7 Å². The molecule has 3 nitrogen and oxygen atoms in total. The number of aliphatic imine (C=N–C) groups is 1. The molecule has 2 aliphatic rings. The Bertz CT molecular complexity index is 1320. The minimum absolute atomic E-state index is 0.0699. The van der Waals surface area contributed by atoms with Gasteiger partial charge in [0, 0.05) is 22.9 Å². The summed E-state index contributed by atoms with van der Waals surface area (Å²) in [6.07, 6.45) is 2.77. The summed E-state index contributed by atoms with van der Waals surface area (Å²) in [7, 11) is 0. The zero-order valence-electron chi connectivity index (χ0n) is 17.3. The van der Waals surface area contributed by atoms with Gasteiger partial charge in [-0.25, -0.2) is 0 Å². The molecule has 5 heteroatoms. The first-order chi connectivity index (χ1) is 15.8. The maximum absolute atomic E-state index is 5.12. The van der Waals surface area contributed by atoms with E-state index in [0.29, 0.717) is 0 Å². The molecule has 0 spiro atoms. The fourth-order valence-electron chi connectivity index (χ4n) is 4.25. The molecule has 0 saturated carbocycles. The maximum Gasteiger partial charge on any atom is 0.169 e. The van der Waals surface area contributed by atoms with Gasteiger partial charge in [0.15, 0.2) is 5.17 Å². The van der Waals surface area contributed by atoms with Gasteiger partial charge in [-0.1, -0.05) is 72.4 Å². The van der Waals surface area contributed by atoms with E-state index in [2.05, 4.69) is 100 Å². The quantitative estimate of drug-likeness (QED) is 0.328. The minimum atomic E-state index is 0.0699. The van der Waals surface area contributed by atoms with Gasteiger partial charge in [-0.05, 0) is 46.7 Å². The molecule has 4 aromatic rings. The topological polar surface area (TPSA) is 28.5 Å². The number of nitrogens with zero attached hydrogens (tertiary/aromatic N) is 3. The number of hydrogen-bond acceptors (Lipinski definition) is 5. The molecule has 6 rings (SSSR count). The lowest BCUT2D eigenvalue weighted by atomic mass is 10.0. The van der Waals surface area contributed by atoms with Gasteiger partial charge < -0.3 is 4.90 Å². The molecule has 2 atom stereocenters. The predicted octanol–water partition coefficient (Wildman–Crippen LogP) is 7.20. The van der Waals surface area contributed by atoms with Gasteiger partial charge >= 0.3 is 0 Å². The van der Waals surface area contributed by atoms with Gasteiger partial charge in [-0.2, -0.15) is 0 Å². The van der Waals surface area contributed by atoms with E-state index in [9.17, 15) is 0 Å². The van der Waals surface area contributed by atoms with E-state index in [1.165, 1.54) is 26.9 Å². The van der Waals surface area contributed by atoms with E-state index in [4.69, 9.17) is 4.99 Å². The first-order valence-corrected chi connectivity index (χ1v) is 12.5. The lowest BCUT2D eigenvalue weighted by molar-refractivity contribution is 0.442. The first-order valence-electron chi connectivity index (χ1n) is 10.7. The van der Waals surface area contributed by atoms with Crippen molar-refractivity contribution in [3.05, 3.63) is 114 Å². The summed E-state index contributed by atoms with van der Waals surface area (Å²) < 4.78 is 0. The molecule has 0 saturated heterocycles. The Morgan fingerprint density at radius 3 is 2.50 bits per heavy atom. The highest BCUT2D eigenvalue weighted by molar-refractivity contribution is 8.17. The second-order valence-electron chi connectivity index (χ2n) is 7.86. The smallest absolute Gasteiger partial charge is 0.169 e. The summed E-state index contributed by atoms with van der Waals surface area (Å²) >= 11 is 3.62. The third-order valence-electron chi connectivity index (χ3n) is 5.81. The summed E-state index contributed by atoms with van der Waals surface area (Å²) in [5.41, 5.74) is 3.50. The third-order valence-corrected chi connectivity index (χ3v) is 7.88. The number of rotatable bonds is 4. The molecule has 156 valence electrons. The van der Waals surface area contributed by atoms with Gasteiger partial charge in [-0.15, -0.1) is 11.8 Å². The van der Waals surface area contributed by atoms with Gasteiger partial charge in [0.25, 0.3) is 0 Å². The fraction of sp³-hybridized carbons (Fsp3) is 0.111. The Kier molecular flexibility index (Phi) is 5.21. The average Bonchev–Trinajstić information content (AvgIpc) is 3.29. The van der Waals surface area contributed by atoms with Crippen molar-refractivity contribution in [3.8, 4) is 0 Å². The van der Waals surface area contributed by atoms with Gasteiger partial charge in [0.2, 0.25) is 0 Å². The minimum Gasteiger partial charge on any atom is -0.307 e. The molecule has 0 aliphatic carbocycles. The van der Waals surface area contributed by atoms with Crippen LogP contribution in [0.4, 0.5) is 0 Å². The summed E-state index contributed by atoms with van der Waals surface area (Å²) in [5, 5.41) is 6.08. The van der Waals surface area contributed by atoms with Gasteiger partial charge in [-0.3, -0.25) is 9.98 Å². The molecule has 3 heterocycles. The lowest BCUT2D eigenvalue weighted by Gasteiger charge is -2.37. The molecule has 0 amide bonds. The third kappa shape index (κ3) is 3.72. The summed E-state index contributed by atoms with van der Waals surface area (Å²) in [6, 6.07) is 32.1. The number of fused-ring (bicyclic) bond motifs is 2. The first kappa shape index (κ1) is 19.6. The van der Waals surface area contributed by atoms with Crippen LogP contribution in [-0.4, -0.2) is 20.4 Å². The molecule has 0 radical (unpaired) electrons. The number of benzene rings is 3. The molecule has 0 N–H and O–H groups in total. The van der Waals surface area contributed by atoms with Crippen LogP contribution in [0, 0.1) is 0 Å². The van der Waals surface area contributed by atoms with Crippen LogP contribution >= 0.6 is 23.5 Å². The van der Waals surface area contributed by atoms with Crippen molar-refractivity contribution in [1.29, 1.82) is 0 Å². The summed E-state index contributed by atoms with van der Waals surface area (Å²) in [4.78, 5) is 13.4. The zero-order valence-corrected chi connectivity index (χ0v) is 19.0. The summed E-state index contributed by atoms with van der Waals surface area (Å²) in [5.74, 6) is 0. The van der Waals surface area contributed by atoms with E-state index in [-0.39, 0.29) is 11.4 Å². The highest BCUT2D eigenvalue weighted by Crippen LogP contribution is 2.46. The molecular weight excluding hydrogens is 430 g/mol. The Morgan fingerprint density at radius 1 is 0.844 bits per heavy atom. The summed E-state index contributed by atoms with van der Waals surface area (Å²) in [6.45, 7) is 0. The van der Waals surface area contributed by atoms with Crippen LogP contribution in [0.15, 0.2) is 112 Å². The molecule has 3 aromatic carbocycles. The van der Waals surface area contributed by atoms with E-state index >= 15 is 0 Å². The predicted molar refractivity (Wildman–Crippen MR) is 136 cm³/mol. The van der Waals surface area contributed by atoms with E-state index in [0.717, 1.165) is 17.3 Å². The lowest BCUT2D eigenvalue weighted by Crippen LogP contribution is -2.37. The van der Waals surface area contributed by atoms with E-state index < -0.39 is 0 Å². The highest BCUT2D eigenvalue weighted by Gasteiger charge is 2.38. The van der Waals surface area contributed by atoms with E-state index in [1.54, 1.807) is 11.8 Å². The van der Waals surface area contributed by atoms with Crippen LogP contribution in [-0.2, 0) is 0 Å². The Hall–Kier alpha value is -3.02. The Morgan fingerprint density at radius 2 is 1.66 bits per heavy atom. The van der Waals surface area contributed by atoms with Crippen LogP contribution in [0.2, 0.25) is 0 Å². The molecule has 32 heavy (non-hydrogen) atoms. The van der Waals surface area contributed by atoms with Gasteiger partial charge in [0.1, 0.15) is 0 Å². The van der Waals surface area contributed by atoms with Crippen molar-refractivity contribution >= 4 is 45.2 Å². The van der Waals surface area contributed by atoms with Gasteiger partial charge in [0.05, 0.1) is 22.8 Å². The van der Waals surface area contributed by atoms with Crippen molar-refractivity contribution in [3.63, 3.8) is 0 Å². The monoisotopic (exact) mass is 451 g/mol. The standard InChI is InChI=1S/C27H21N3S2/c1-2-10-22(11-3-1)32-26-17-24(23-12-6-7-15-28-23)29-27-30(26)25(18-31-27)21-14-13-19-8-4-5-9-20(19)16-21/h1-16,18,24,26H,17H2. The Labute approximate surface area is 196 Å². The van der Waals surface area contributed by atoms with Crippen molar-refractivity contribution in [1.82, 2.24) is 9.88 Å². The SMILES string of the molecule is C1=C(c2ccc3ccccc3c2)N2C(=NC(c3ccccn3)CC2Sc2ccccc2)S1. The highest BCUT2D eigenvalue weighted by atomic mass is 32.2. The van der Waals surface area contributed by atoms with Crippen LogP contribution in [0.25, 0.3) is 16.5 Å². The second-order valence-corrected chi connectivity index (χ2v) is 9.94. The van der Waals surface area contributed by atoms with Crippen LogP contribution in [0.1, 0.15) is 23.7 Å². The van der Waals surface area contributed by atoms with Crippen molar-refractivity contribution < 1.29 is 0 Å². The van der Waals surface area contributed by atoms with Crippen molar-refractivity contribution in [2.24, 2.45) is 4.99 Å². The number of aromatic nitrogens is 1. The average molecular weight is 452 g/mol. The number of pyridine rings is 1. The molecule has 2 aliphatic heterocycles. The largest absolute Gasteiger partial charge is 0.307 e. The molecule has 1 aromatic heterocycles. The molecule has 0 fully saturated rings. The van der Waals surface area contributed by atoms with Crippen molar-refractivity contribution in [2.75, 3.05) is 0 Å². The number of hydrogen-bond donors (Lipinski definition) is 0. The number of amidine groups is 1. The van der Waals surface area contributed by atoms with Crippen LogP contribution < -0.4 is 0 Å². The van der Waals surface area contributed by atoms with E-state index in [1.807, 2.05) is 24.0 Å². The zero-order chi connectivity index (χ0) is 21.3. The second kappa shape index (κ2) is 8.49. The molecular formula is C27H21N3S2. The molecule has 2 unspecified atom stereocenters. The fourth-order valence-corrected chi connectivity index (χ4v) is 6.54. The number of thioether (sulfide) groups is 2. The Balaban J connectivity index is 1.39. The molecule has 0 bridgehead atoms.